The molecule has 2 N–H and O–H groups in total. The van der Waals surface area contributed by atoms with Gasteiger partial charge in [-0.25, -0.2) is 0 Å². The van der Waals surface area contributed by atoms with Crippen molar-refractivity contribution in [3.05, 3.63) is 75.4 Å². The van der Waals surface area contributed by atoms with Gasteiger partial charge in [0.2, 0.25) is 23.0 Å². The smallest absolute Gasteiger partial charge is 0.224 e. The summed E-state index contributed by atoms with van der Waals surface area (Å²) in [7, 11) is 4.67. The molecule has 4 aromatic rings. The largest absolute Gasteiger partial charge is 0.493 e. The third-order valence-electron chi connectivity index (χ3n) is 9.02. The number of morpholine rings is 1. The SMILES string of the molecule is COc1cc2c(c(OC)c1OC)-c1cc3c(CC(=O)NCCN4CCOCC4)c(-c4ccccc4)oc3c(=O)cc1[C@@H](NC(C)=O)CC2. The average Bonchev–Trinajstić information content (AvgIpc) is 3.29. The first kappa shape index (κ1) is 33.0. The molecule has 2 amide bonds. The summed E-state index contributed by atoms with van der Waals surface area (Å²) in [4.78, 5) is 42.3. The maximum Gasteiger partial charge on any atom is 0.224 e. The van der Waals surface area contributed by atoms with Gasteiger partial charge in [0.05, 0.1) is 47.0 Å². The highest BCUT2D eigenvalue weighted by molar-refractivity contribution is 5.96. The van der Waals surface area contributed by atoms with Crippen LogP contribution in [0.4, 0.5) is 0 Å². The molecule has 2 aliphatic rings. The molecule has 0 spiro atoms. The number of carbonyl (C=O) groups excluding carboxylic acids is 2. The van der Waals surface area contributed by atoms with Gasteiger partial charge in [-0.1, -0.05) is 30.3 Å². The van der Waals surface area contributed by atoms with E-state index in [-0.39, 0.29) is 29.2 Å². The molecule has 0 bridgehead atoms. The second kappa shape index (κ2) is 14.5. The number of aryl methyl sites for hydroxylation is 1. The lowest BCUT2D eigenvalue weighted by molar-refractivity contribution is -0.121. The number of ether oxygens (including phenoxy) is 4. The highest BCUT2D eigenvalue weighted by Crippen LogP contribution is 2.51. The minimum absolute atomic E-state index is 0.0103. The number of hydrogen-bond acceptors (Lipinski definition) is 9. The second-order valence-corrected chi connectivity index (χ2v) is 12.0. The van der Waals surface area contributed by atoms with Gasteiger partial charge in [-0.15, -0.1) is 0 Å². The van der Waals surface area contributed by atoms with E-state index in [4.69, 9.17) is 23.4 Å². The van der Waals surface area contributed by atoms with Crippen molar-refractivity contribution in [2.24, 2.45) is 0 Å². The van der Waals surface area contributed by atoms with Crippen LogP contribution < -0.4 is 30.3 Å². The van der Waals surface area contributed by atoms with Crippen LogP contribution in [0.15, 0.2) is 57.7 Å². The summed E-state index contributed by atoms with van der Waals surface area (Å²) in [6.07, 6.45) is 1.08. The number of carbonyl (C=O) groups is 2. The van der Waals surface area contributed by atoms with Crippen molar-refractivity contribution in [1.82, 2.24) is 15.5 Å². The number of furan rings is 1. The summed E-state index contributed by atoms with van der Waals surface area (Å²) in [5, 5.41) is 6.61. The molecule has 0 radical (unpaired) electrons. The Balaban J connectivity index is 1.55. The van der Waals surface area contributed by atoms with Crippen molar-refractivity contribution in [3.8, 4) is 39.7 Å². The summed E-state index contributed by atoms with van der Waals surface area (Å²) >= 11 is 0. The number of benzene rings is 2. The lowest BCUT2D eigenvalue weighted by Crippen LogP contribution is -2.41. The second-order valence-electron chi connectivity index (χ2n) is 12.0. The predicted molar refractivity (Wildman–Crippen MR) is 182 cm³/mol. The highest BCUT2D eigenvalue weighted by atomic mass is 16.5. The lowest BCUT2D eigenvalue weighted by atomic mass is 9.94. The molecule has 1 fully saturated rings. The number of fused-ring (bicyclic) bond motifs is 4. The first-order valence-electron chi connectivity index (χ1n) is 16.2. The molecule has 11 nitrogen and oxygen atoms in total. The van der Waals surface area contributed by atoms with Crippen molar-refractivity contribution < 1.29 is 33.0 Å². The van der Waals surface area contributed by atoms with Crippen LogP contribution in [-0.4, -0.2) is 77.4 Å². The quantitative estimate of drug-likeness (QED) is 0.258. The molecule has 0 saturated carbocycles. The van der Waals surface area contributed by atoms with E-state index in [1.54, 1.807) is 21.3 Å². The molecular formula is C37H41N3O8. The fraction of sp³-hybridized carbons (Fsp3) is 0.378. The number of methoxy groups -OCH3 is 3. The standard InChI is InChI=1S/C37H41N3O8/c1-22(41)39-29-11-10-24-18-31(44-2)36(45-3)37(46-4)33(24)26-19-27-28(21-32(43)38-12-13-40-14-16-47-17-15-40)34(23-8-6-5-7-9-23)48-35(27)30(42)20-25(26)29/h5-9,18-20,29H,10-17,21H2,1-4H3,(H,38,43)(H,39,41)/t29-/m0/s1. The predicted octanol–water partition coefficient (Wildman–Crippen LogP) is 4.27. The van der Waals surface area contributed by atoms with Gasteiger partial charge < -0.3 is 34.0 Å². The van der Waals surface area contributed by atoms with Crippen LogP contribution in [0.1, 0.15) is 36.1 Å². The highest BCUT2D eigenvalue weighted by Gasteiger charge is 2.31. The molecule has 1 aromatic heterocycles. The Kier molecular flexibility index (Phi) is 9.98. The van der Waals surface area contributed by atoms with E-state index in [2.05, 4.69) is 15.5 Å². The summed E-state index contributed by atoms with van der Waals surface area (Å²) < 4.78 is 29.2. The Hall–Kier alpha value is -4.87. The maximum atomic E-state index is 14.1. The summed E-state index contributed by atoms with van der Waals surface area (Å²) in [5.41, 5.74) is 4.02. The van der Waals surface area contributed by atoms with Gasteiger partial charge in [0.15, 0.2) is 17.1 Å². The molecule has 1 atom stereocenters. The van der Waals surface area contributed by atoms with Crippen molar-refractivity contribution in [3.63, 3.8) is 0 Å². The van der Waals surface area contributed by atoms with Crippen molar-refractivity contribution in [2.75, 3.05) is 60.7 Å². The van der Waals surface area contributed by atoms with E-state index in [1.165, 1.54) is 13.0 Å². The third-order valence-corrected chi connectivity index (χ3v) is 9.02. The zero-order valence-electron chi connectivity index (χ0n) is 27.8. The fourth-order valence-electron chi connectivity index (χ4n) is 6.78. The normalized spacial score (nSPS) is 16.0. The topological polar surface area (TPSA) is 129 Å². The molecule has 48 heavy (non-hydrogen) atoms. The Morgan fingerprint density at radius 1 is 0.979 bits per heavy atom. The minimum atomic E-state index is -0.476. The van der Waals surface area contributed by atoms with Gasteiger partial charge in [0.1, 0.15) is 5.76 Å². The van der Waals surface area contributed by atoms with Crippen LogP contribution in [-0.2, 0) is 27.2 Å². The van der Waals surface area contributed by atoms with Gasteiger partial charge in [-0.3, -0.25) is 19.3 Å². The van der Waals surface area contributed by atoms with E-state index in [0.717, 1.165) is 29.8 Å². The van der Waals surface area contributed by atoms with Gasteiger partial charge in [-0.2, -0.15) is 0 Å². The summed E-state index contributed by atoms with van der Waals surface area (Å²) in [5.74, 6) is 1.41. The molecule has 2 heterocycles. The summed E-state index contributed by atoms with van der Waals surface area (Å²) in [6.45, 7) is 5.68. The van der Waals surface area contributed by atoms with Gasteiger partial charge in [-0.05, 0) is 47.7 Å². The van der Waals surface area contributed by atoms with Gasteiger partial charge >= 0.3 is 0 Å². The van der Waals surface area contributed by atoms with Gasteiger partial charge in [0, 0.05) is 55.2 Å². The average molecular weight is 656 g/mol. The molecule has 252 valence electrons. The molecule has 0 unspecified atom stereocenters. The van der Waals surface area contributed by atoms with Crippen LogP contribution in [0.5, 0.6) is 17.2 Å². The Labute approximate surface area is 279 Å². The van der Waals surface area contributed by atoms with Gasteiger partial charge in [0.25, 0.3) is 0 Å². The van der Waals surface area contributed by atoms with Crippen LogP contribution >= 0.6 is 0 Å². The number of rotatable bonds is 10. The zero-order chi connectivity index (χ0) is 33.8. The van der Waals surface area contributed by atoms with Crippen LogP contribution in [0.3, 0.4) is 0 Å². The molecule has 3 aromatic carbocycles. The molecular weight excluding hydrogens is 614 g/mol. The van der Waals surface area contributed by atoms with E-state index in [1.807, 2.05) is 42.5 Å². The first-order chi connectivity index (χ1) is 23.3. The maximum absolute atomic E-state index is 14.1. The van der Waals surface area contributed by atoms with Crippen LogP contribution in [0.2, 0.25) is 0 Å². The van der Waals surface area contributed by atoms with E-state index < -0.39 is 6.04 Å². The molecule has 1 aliphatic carbocycles. The van der Waals surface area contributed by atoms with Crippen molar-refractivity contribution in [2.45, 2.75) is 32.2 Å². The Morgan fingerprint density at radius 2 is 1.73 bits per heavy atom. The minimum Gasteiger partial charge on any atom is -0.493 e. The third kappa shape index (κ3) is 6.61. The Morgan fingerprint density at radius 3 is 2.42 bits per heavy atom. The van der Waals surface area contributed by atoms with E-state index in [0.29, 0.717) is 84.2 Å². The zero-order valence-corrected chi connectivity index (χ0v) is 27.8. The number of nitrogens with zero attached hydrogens (tertiary/aromatic N) is 1. The number of hydrogen-bond donors (Lipinski definition) is 2. The molecule has 1 saturated heterocycles. The Bertz CT molecular complexity index is 1880. The lowest BCUT2D eigenvalue weighted by Gasteiger charge is -2.26. The van der Waals surface area contributed by atoms with Crippen LogP contribution in [0.25, 0.3) is 33.4 Å². The summed E-state index contributed by atoms with van der Waals surface area (Å²) in [6, 6.07) is 14.3. The molecule has 1 aliphatic heterocycles. The fourth-order valence-corrected chi connectivity index (χ4v) is 6.78. The monoisotopic (exact) mass is 655 g/mol. The van der Waals surface area contributed by atoms with Crippen LogP contribution in [0, 0.1) is 0 Å². The van der Waals surface area contributed by atoms with E-state index >= 15 is 0 Å². The van der Waals surface area contributed by atoms with Crippen molar-refractivity contribution in [1.29, 1.82) is 0 Å². The van der Waals surface area contributed by atoms with E-state index in [9.17, 15) is 14.4 Å². The molecule has 6 rings (SSSR count). The first-order valence-corrected chi connectivity index (χ1v) is 16.2. The number of amides is 2. The molecule has 11 heteroatoms. The van der Waals surface area contributed by atoms with Crippen molar-refractivity contribution >= 4 is 22.8 Å². The number of nitrogens with one attached hydrogen (secondary N) is 2.